The maximum atomic E-state index is 13.9. The number of carboxylic acid groups (broad SMARTS) is 2. The molecule has 21 nitrogen and oxygen atoms in total. The molecule has 0 spiro atoms. The zero-order valence-corrected chi connectivity index (χ0v) is 46.6. The van der Waals surface area contributed by atoms with Crippen LogP contribution in [0.5, 0.6) is 0 Å². The number of benzene rings is 3. The third kappa shape index (κ3) is 12.2. The molecule has 81 heavy (non-hydrogen) atoms. The van der Waals surface area contributed by atoms with Crippen LogP contribution in [0.3, 0.4) is 0 Å². The van der Waals surface area contributed by atoms with Crippen molar-refractivity contribution in [2.45, 2.75) is 116 Å². The Morgan fingerprint density at radius 2 is 1.62 bits per heavy atom. The van der Waals surface area contributed by atoms with Crippen LogP contribution >= 0.6 is 11.3 Å². The van der Waals surface area contributed by atoms with Gasteiger partial charge in [0.25, 0.3) is 5.91 Å². The number of carbonyl (C=O) groups excluding carboxylic acids is 4. The number of pyridine rings is 1. The Labute approximate surface area is 472 Å². The Morgan fingerprint density at radius 1 is 0.864 bits per heavy atom. The Hall–Kier alpha value is -7.95. The molecule has 5 aliphatic rings. The molecule has 0 saturated heterocycles. The summed E-state index contributed by atoms with van der Waals surface area (Å²) in [6.07, 6.45) is 6.72. The number of nitrogens with one attached hydrogen (secondary N) is 2. The number of aromatic carboxylic acids is 1. The summed E-state index contributed by atoms with van der Waals surface area (Å²) >= 11 is 1.41. The molecule has 5 amide bonds. The summed E-state index contributed by atoms with van der Waals surface area (Å²) in [5.41, 5.74) is 22.3. The number of carboxylic acids is 2. The van der Waals surface area contributed by atoms with Crippen molar-refractivity contribution in [2.24, 2.45) is 33.4 Å². The summed E-state index contributed by atoms with van der Waals surface area (Å²) in [4.78, 5) is 88.9. The number of hydrogen-bond donors (Lipinski definition) is 7. The highest BCUT2D eigenvalue weighted by Crippen LogP contribution is 2.72. The second kappa shape index (κ2) is 22.5. The first-order valence-electron chi connectivity index (χ1n) is 27.3. The van der Waals surface area contributed by atoms with Crippen molar-refractivity contribution in [1.82, 2.24) is 30.0 Å². The van der Waals surface area contributed by atoms with E-state index in [2.05, 4.69) is 29.5 Å². The number of thiazole rings is 1. The van der Waals surface area contributed by atoms with Crippen molar-refractivity contribution in [3.63, 3.8) is 0 Å². The van der Waals surface area contributed by atoms with Gasteiger partial charge in [0.15, 0.2) is 10.8 Å². The number of anilines is 2. The molecule has 0 radical (unpaired) electrons. The van der Waals surface area contributed by atoms with E-state index in [1.54, 1.807) is 42.6 Å². The summed E-state index contributed by atoms with van der Waals surface area (Å²) in [7, 11) is 0. The largest absolute Gasteiger partial charge is 0.481 e. The van der Waals surface area contributed by atoms with E-state index in [0.29, 0.717) is 64.8 Å². The van der Waals surface area contributed by atoms with Gasteiger partial charge >= 0.3 is 24.1 Å². The summed E-state index contributed by atoms with van der Waals surface area (Å²) in [6.45, 7) is 8.08. The Kier molecular flexibility index (Phi) is 15.7. The highest BCUT2D eigenvalue weighted by molar-refractivity contribution is 7.22. The number of rotatable bonds is 22. The molecule has 4 aliphatic carbocycles. The zero-order chi connectivity index (χ0) is 57.4. The summed E-state index contributed by atoms with van der Waals surface area (Å²) < 4.78 is 15.8. The number of amides is 5. The summed E-state index contributed by atoms with van der Waals surface area (Å²) in [6, 6.07) is 22.3. The lowest BCUT2D eigenvalue weighted by Gasteiger charge is -2.69. The van der Waals surface area contributed by atoms with Crippen molar-refractivity contribution in [3.8, 4) is 11.1 Å². The molecule has 10 N–H and O–H groups in total. The maximum absolute atomic E-state index is 13.9. The molecule has 4 atom stereocenters. The number of aromatic nitrogens is 4. The minimum absolute atomic E-state index is 0.0456. The molecule has 4 fully saturated rings. The molecule has 4 heterocycles. The number of nitrogens with zero attached hydrogens (tertiary/aromatic N) is 6. The monoisotopic (exact) mass is 1120 g/mol. The van der Waals surface area contributed by atoms with E-state index < -0.39 is 47.5 Å². The number of aliphatic carboxylic acids is 1. The van der Waals surface area contributed by atoms with Crippen LogP contribution in [0.4, 0.5) is 20.5 Å². The number of hydrogen-bond acceptors (Lipinski definition) is 14. The zero-order valence-electron chi connectivity index (χ0n) is 45.7. The van der Waals surface area contributed by atoms with Gasteiger partial charge in [-0.25, -0.2) is 24.4 Å². The molecule has 3 aromatic carbocycles. The molecule has 11 rings (SSSR count). The third-order valence-electron chi connectivity index (χ3n) is 16.9. The fraction of sp³-hybridized carbons (Fsp3) is 0.441. The fourth-order valence-corrected chi connectivity index (χ4v) is 15.4. The number of primary amides is 2. The minimum atomic E-state index is -1.17. The van der Waals surface area contributed by atoms with Crippen LogP contribution in [-0.2, 0) is 45.2 Å². The van der Waals surface area contributed by atoms with Gasteiger partial charge in [-0.3, -0.25) is 24.4 Å². The Balaban J connectivity index is 0.822. The molecule has 3 aromatic heterocycles. The lowest BCUT2D eigenvalue weighted by molar-refractivity contribution is -0.248. The van der Waals surface area contributed by atoms with Crippen LogP contribution in [0.2, 0.25) is 0 Å². The first-order valence-corrected chi connectivity index (χ1v) is 28.2. The van der Waals surface area contributed by atoms with Gasteiger partial charge in [0.05, 0.1) is 41.1 Å². The van der Waals surface area contributed by atoms with Crippen LogP contribution in [-0.4, -0.2) is 115 Å². The first-order chi connectivity index (χ1) is 38.6. The van der Waals surface area contributed by atoms with E-state index >= 15 is 0 Å². The maximum Gasteiger partial charge on any atom is 0.410 e. The minimum Gasteiger partial charge on any atom is -0.481 e. The van der Waals surface area contributed by atoms with Gasteiger partial charge in [-0.05, 0) is 127 Å². The van der Waals surface area contributed by atoms with E-state index in [1.165, 1.54) is 16.2 Å². The molecular weight excluding hydrogens is 1050 g/mol. The Morgan fingerprint density at radius 3 is 2.35 bits per heavy atom. The fourth-order valence-electron chi connectivity index (χ4n) is 14.6. The van der Waals surface area contributed by atoms with Gasteiger partial charge in [0.1, 0.15) is 12.4 Å². The quantitative estimate of drug-likeness (QED) is 0.0344. The smallest absolute Gasteiger partial charge is 0.410 e. The van der Waals surface area contributed by atoms with Crippen LogP contribution in [0.15, 0.2) is 85.1 Å². The standard InChI is InChI=1S/C59H69N11O10S/c1-35-42(40-15-16-47(66-49(40)52(75)76)69-19-17-36-10-8-12-41(43(36)26-69)51(74)67-54-65-45-13-6-7-14-46(45)81-54)25-64-70(35)34-58-29-56(2)28-57(3,30-58)32-59(31-56,33-58)80-22-21-68(20-18-48(71)72)55(78)79-27-37-9-4-5-11-39(37)38(24-63-53(62)77)23-44(60)50(61)73/h4-16,25,38,44H,17-24,26-34,60H2,1-3H3,(H2,61,73)(H,71,72)(H,75,76)(H3,62,63,77)(H,65,67,74)/t38?,44-,56?,57?,58?,59?/m0/s1. The number of para-hydroxylation sites is 1. The normalized spacial score (nSPS) is 22.4. The van der Waals surface area contributed by atoms with E-state index in [9.17, 15) is 39.0 Å². The molecule has 1 aliphatic heterocycles. The number of carbonyl (C=O) groups is 6. The second-order valence-electron chi connectivity index (χ2n) is 23.5. The van der Waals surface area contributed by atoms with E-state index in [4.69, 9.17) is 36.8 Å². The van der Waals surface area contributed by atoms with Crippen LogP contribution < -0.4 is 32.7 Å². The molecule has 6 aromatic rings. The van der Waals surface area contributed by atoms with Gasteiger partial charge in [0, 0.05) is 67.6 Å². The van der Waals surface area contributed by atoms with Crippen molar-refractivity contribution >= 4 is 68.4 Å². The lowest BCUT2D eigenvalue weighted by Crippen LogP contribution is -2.64. The van der Waals surface area contributed by atoms with Gasteiger partial charge in [0.2, 0.25) is 5.91 Å². The number of nitrogens with two attached hydrogens (primary N) is 3. The van der Waals surface area contributed by atoms with Gasteiger partial charge in [-0.15, -0.1) is 0 Å². The van der Waals surface area contributed by atoms with E-state index in [0.717, 1.165) is 65.6 Å². The molecule has 4 bridgehead atoms. The Bertz CT molecular complexity index is 3380. The van der Waals surface area contributed by atoms with E-state index in [1.807, 2.05) is 59.0 Å². The predicted molar refractivity (Wildman–Crippen MR) is 304 cm³/mol. The summed E-state index contributed by atoms with van der Waals surface area (Å²) in [5, 5.41) is 31.4. The molecule has 4 saturated carbocycles. The second-order valence-corrected chi connectivity index (χ2v) is 24.5. The SMILES string of the molecule is Cc1c(-c2ccc(N3CCc4cccc(C(=O)Nc5nc6ccccc6s5)c4C3)nc2C(=O)O)cnn1CC12CC3(C)CC(C)(C1)CC(OCCN(CCC(=O)O)C(=O)OCc1ccccc1C(CNC(N)=O)C[C@H](N)C(N)=O)(C3)C2. The van der Waals surface area contributed by atoms with E-state index in [-0.39, 0.29) is 73.5 Å². The van der Waals surface area contributed by atoms with Gasteiger partial charge in [-0.2, -0.15) is 5.10 Å². The number of ether oxygens (including phenoxy) is 2. The number of fused-ring (bicyclic) bond motifs is 2. The molecule has 426 valence electrons. The summed E-state index contributed by atoms with van der Waals surface area (Å²) in [5.74, 6) is -3.24. The number of urea groups is 1. The van der Waals surface area contributed by atoms with Gasteiger partial charge < -0.3 is 52.0 Å². The van der Waals surface area contributed by atoms with Crippen molar-refractivity contribution in [3.05, 3.63) is 124 Å². The third-order valence-corrected chi connectivity index (χ3v) is 17.8. The average molecular weight is 1120 g/mol. The highest BCUT2D eigenvalue weighted by Gasteiger charge is 2.66. The topological polar surface area (TPSA) is 314 Å². The molecular formula is C59H69N11O10S. The lowest BCUT2D eigenvalue weighted by atomic mass is 9.39. The van der Waals surface area contributed by atoms with Gasteiger partial charge in [-0.1, -0.05) is 73.7 Å². The van der Waals surface area contributed by atoms with Crippen molar-refractivity contribution in [1.29, 1.82) is 0 Å². The van der Waals surface area contributed by atoms with Crippen LogP contribution in [0.1, 0.15) is 120 Å². The van der Waals surface area contributed by atoms with Crippen molar-refractivity contribution < 1.29 is 48.5 Å². The molecule has 3 unspecified atom stereocenters. The average Bonchev–Trinajstić information content (AvgIpc) is 1.56. The predicted octanol–water partition coefficient (Wildman–Crippen LogP) is 7.58. The molecule has 22 heteroatoms. The first kappa shape index (κ1) is 56.3. The van der Waals surface area contributed by atoms with Crippen LogP contribution in [0, 0.1) is 23.2 Å². The van der Waals surface area contributed by atoms with Crippen LogP contribution in [0.25, 0.3) is 21.3 Å². The van der Waals surface area contributed by atoms with Crippen molar-refractivity contribution in [2.75, 3.05) is 43.0 Å². The highest BCUT2D eigenvalue weighted by atomic mass is 32.1.